The van der Waals surface area contributed by atoms with Crippen LogP contribution in [-0.4, -0.2) is 15.0 Å². The van der Waals surface area contributed by atoms with Crippen molar-refractivity contribution in [1.82, 2.24) is 15.0 Å². The summed E-state index contributed by atoms with van der Waals surface area (Å²) in [5, 5.41) is 1.65. The van der Waals surface area contributed by atoms with E-state index in [1.807, 2.05) is 18.3 Å². The summed E-state index contributed by atoms with van der Waals surface area (Å²) in [6, 6.07) is 5.50. The van der Waals surface area contributed by atoms with Crippen molar-refractivity contribution < 1.29 is 1.37 Å². The molecular weight excluding hydrogens is 234 g/mol. The minimum Gasteiger partial charge on any atom is -0.346 e. The van der Waals surface area contributed by atoms with Crippen LogP contribution in [-0.2, 0) is 6.42 Å². The van der Waals surface area contributed by atoms with Crippen LogP contribution in [0.15, 0.2) is 43.0 Å². The fourth-order valence-corrected chi connectivity index (χ4v) is 2.01. The Hall–Kier alpha value is -1.87. The number of aromatic nitrogens is 3. The summed E-state index contributed by atoms with van der Waals surface area (Å²) in [7, 11) is 0. The number of nitrogens with zero attached hydrogens (tertiary/aromatic N) is 2. The molecule has 0 spiro atoms. The lowest BCUT2D eigenvalue weighted by Crippen LogP contribution is -1.87. The average Bonchev–Trinajstić information content (AvgIpc) is 2.75. The minimum absolute atomic E-state index is 0.280. The summed E-state index contributed by atoms with van der Waals surface area (Å²) in [6.45, 7) is 0. The van der Waals surface area contributed by atoms with E-state index in [-0.39, 0.29) is 6.17 Å². The molecule has 3 rings (SSSR count). The first-order chi connectivity index (χ1) is 8.72. The Bertz CT molecular complexity index is 691. The zero-order valence-corrected chi connectivity index (χ0v) is 9.70. The molecule has 0 saturated carbocycles. The highest BCUT2D eigenvalue weighted by Crippen LogP contribution is 2.22. The number of pyridine rings is 2. The zero-order valence-electron chi connectivity index (χ0n) is 9.94. The Labute approximate surface area is 105 Å². The largest absolute Gasteiger partial charge is 0.346 e. The van der Waals surface area contributed by atoms with Gasteiger partial charge in [0.25, 0.3) is 0 Å². The maximum Gasteiger partial charge on any atom is 0.137 e. The van der Waals surface area contributed by atoms with Crippen LogP contribution in [0.4, 0.5) is 0 Å². The molecule has 0 saturated heterocycles. The third-order valence-corrected chi connectivity index (χ3v) is 2.86. The topological polar surface area (TPSA) is 41.6 Å². The molecule has 0 aliphatic rings. The van der Waals surface area contributed by atoms with Gasteiger partial charge in [-0.15, -0.1) is 0 Å². The van der Waals surface area contributed by atoms with E-state index in [0.717, 1.165) is 28.6 Å². The van der Waals surface area contributed by atoms with Crippen molar-refractivity contribution >= 4 is 22.6 Å². The van der Waals surface area contributed by atoms with Gasteiger partial charge in [-0.1, -0.05) is 17.7 Å². The number of hydrogen-bond acceptors (Lipinski definition) is 2. The standard InChI is InChI=1S/C13H10ClN3/c14-11-5-12-10(7-16-13(12)17-8-11)4-9-2-1-3-15-6-9/h1-3,5-8H,4H2,(H,16,17)/i3D. The third kappa shape index (κ3) is 2.01. The monoisotopic (exact) mass is 244 g/mol. The molecule has 3 nitrogen and oxygen atoms in total. The molecule has 4 heteroatoms. The SMILES string of the molecule is [2H]c1ccc(Cc2c[nH]c3ncc(Cl)cc23)cn1. The molecule has 3 aromatic rings. The van der Waals surface area contributed by atoms with Gasteiger partial charge in [0, 0.05) is 36.6 Å². The third-order valence-electron chi connectivity index (χ3n) is 2.65. The quantitative estimate of drug-likeness (QED) is 0.752. The van der Waals surface area contributed by atoms with Gasteiger partial charge < -0.3 is 4.98 Å². The second-order valence-corrected chi connectivity index (χ2v) is 4.27. The first-order valence-corrected chi connectivity index (χ1v) is 5.63. The van der Waals surface area contributed by atoms with E-state index in [2.05, 4.69) is 15.0 Å². The minimum atomic E-state index is 0.280. The number of aromatic amines is 1. The Kier molecular flexibility index (Phi) is 2.26. The van der Waals surface area contributed by atoms with E-state index < -0.39 is 0 Å². The highest BCUT2D eigenvalue weighted by Gasteiger charge is 2.06. The lowest BCUT2D eigenvalue weighted by Gasteiger charge is -1.99. The fraction of sp³-hybridized carbons (Fsp3) is 0.0769. The highest BCUT2D eigenvalue weighted by molar-refractivity contribution is 6.31. The summed E-state index contributed by atoms with van der Waals surface area (Å²) in [6.07, 6.45) is 6.31. The van der Waals surface area contributed by atoms with Crippen molar-refractivity contribution in [1.29, 1.82) is 0 Å². The molecule has 0 aliphatic heterocycles. The van der Waals surface area contributed by atoms with Crippen molar-refractivity contribution in [2.45, 2.75) is 6.42 Å². The van der Waals surface area contributed by atoms with E-state index >= 15 is 0 Å². The summed E-state index contributed by atoms with van der Waals surface area (Å²) in [5.41, 5.74) is 3.02. The Morgan fingerprint density at radius 1 is 1.41 bits per heavy atom. The van der Waals surface area contributed by atoms with Crippen LogP contribution in [0.25, 0.3) is 11.0 Å². The smallest absolute Gasteiger partial charge is 0.137 e. The van der Waals surface area contributed by atoms with Crippen LogP contribution in [0, 0.1) is 0 Å². The Morgan fingerprint density at radius 3 is 3.18 bits per heavy atom. The van der Waals surface area contributed by atoms with E-state index in [1.165, 1.54) is 0 Å². The van der Waals surface area contributed by atoms with Crippen LogP contribution in [0.1, 0.15) is 12.5 Å². The first kappa shape index (κ1) is 9.19. The predicted molar refractivity (Wildman–Crippen MR) is 68.1 cm³/mol. The van der Waals surface area contributed by atoms with Gasteiger partial charge in [-0.3, -0.25) is 4.98 Å². The van der Waals surface area contributed by atoms with Gasteiger partial charge in [-0.2, -0.15) is 0 Å². The highest BCUT2D eigenvalue weighted by atomic mass is 35.5. The van der Waals surface area contributed by atoms with Crippen molar-refractivity contribution in [3.05, 3.63) is 59.1 Å². The second kappa shape index (κ2) is 4.18. The van der Waals surface area contributed by atoms with Crippen LogP contribution < -0.4 is 0 Å². The number of fused-ring (bicyclic) bond motifs is 1. The van der Waals surface area contributed by atoms with Gasteiger partial charge in [0.1, 0.15) is 5.65 Å². The lowest BCUT2D eigenvalue weighted by atomic mass is 10.1. The van der Waals surface area contributed by atoms with Gasteiger partial charge in [0.2, 0.25) is 0 Å². The van der Waals surface area contributed by atoms with E-state index in [1.54, 1.807) is 18.5 Å². The van der Waals surface area contributed by atoms with Crippen molar-refractivity contribution in [3.8, 4) is 0 Å². The average molecular weight is 245 g/mol. The van der Waals surface area contributed by atoms with E-state index in [4.69, 9.17) is 13.0 Å². The number of H-pyrrole nitrogens is 1. The summed E-state index contributed by atoms with van der Waals surface area (Å²) in [4.78, 5) is 11.3. The molecule has 0 aliphatic carbocycles. The van der Waals surface area contributed by atoms with Crippen molar-refractivity contribution in [2.75, 3.05) is 0 Å². The number of hydrogen-bond donors (Lipinski definition) is 1. The van der Waals surface area contributed by atoms with Crippen LogP contribution in [0.3, 0.4) is 0 Å². The Morgan fingerprint density at radius 2 is 2.35 bits per heavy atom. The number of halogens is 1. The number of rotatable bonds is 2. The number of nitrogens with one attached hydrogen (secondary N) is 1. The first-order valence-electron chi connectivity index (χ1n) is 5.75. The van der Waals surface area contributed by atoms with Gasteiger partial charge >= 0.3 is 0 Å². The molecule has 0 unspecified atom stereocenters. The summed E-state index contributed by atoms with van der Waals surface area (Å²) < 4.78 is 7.36. The van der Waals surface area contributed by atoms with Gasteiger partial charge in [-0.25, -0.2) is 4.98 Å². The van der Waals surface area contributed by atoms with Crippen LogP contribution in [0.5, 0.6) is 0 Å². The second-order valence-electron chi connectivity index (χ2n) is 3.84. The molecule has 0 amide bonds. The van der Waals surface area contributed by atoms with Crippen LogP contribution >= 0.6 is 11.6 Å². The van der Waals surface area contributed by atoms with Gasteiger partial charge in [0.15, 0.2) is 0 Å². The molecular formula is C13H10ClN3. The van der Waals surface area contributed by atoms with Gasteiger partial charge in [0.05, 0.1) is 6.39 Å². The predicted octanol–water partition coefficient (Wildman–Crippen LogP) is 3.20. The zero-order chi connectivity index (χ0) is 12.5. The molecule has 17 heavy (non-hydrogen) atoms. The van der Waals surface area contributed by atoms with Crippen molar-refractivity contribution in [2.24, 2.45) is 0 Å². The molecule has 0 fully saturated rings. The van der Waals surface area contributed by atoms with E-state index in [0.29, 0.717) is 5.02 Å². The molecule has 0 radical (unpaired) electrons. The maximum atomic E-state index is 7.36. The molecule has 3 heterocycles. The molecule has 0 atom stereocenters. The van der Waals surface area contributed by atoms with Gasteiger partial charge in [-0.05, 0) is 23.3 Å². The summed E-state index contributed by atoms with van der Waals surface area (Å²) >= 11 is 5.96. The normalized spacial score (nSPS) is 11.7. The lowest BCUT2D eigenvalue weighted by molar-refractivity contribution is 1.15. The van der Waals surface area contributed by atoms with Crippen LogP contribution in [0.2, 0.25) is 5.02 Å². The Balaban J connectivity index is 1.99. The maximum absolute atomic E-state index is 7.36. The van der Waals surface area contributed by atoms with E-state index in [9.17, 15) is 0 Å². The fourth-order valence-electron chi connectivity index (χ4n) is 1.85. The molecule has 84 valence electrons. The molecule has 0 aromatic carbocycles. The summed E-state index contributed by atoms with van der Waals surface area (Å²) in [5.74, 6) is 0. The molecule has 0 bridgehead atoms. The molecule has 3 aromatic heterocycles. The van der Waals surface area contributed by atoms with Crippen molar-refractivity contribution in [3.63, 3.8) is 0 Å². The molecule has 1 N–H and O–H groups in total.